The van der Waals surface area contributed by atoms with Crippen molar-refractivity contribution in [1.82, 2.24) is 0 Å². The highest BCUT2D eigenvalue weighted by molar-refractivity contribution is 6.33. The van der Waals surface area contributed by atoms with Crippen LogP contribution in [0.5, 0.6) is 5.75 Å². The van der Waals surface area contributed by atoms with E-state index in [0.29, 0.717) is 0 Å². The molecule has 0 aromatic heterocycles. The zero-order valence-electron chi connectivity index (χ0n) is 6.77. The minimum Gasteiger partial charge on any atom is -0.507 e. The van der Waals surface area contributed by atoms with Crippen LogP contribution in [0.3, 0.4) is 0 Å². The van der Waals surface area contributed by atoms with Gasteiger partial charge >= 0.3 is 7.32 Å². The first kappa shape index (κ1) is 11.7. The zero-order chi connectivity index (χ0) is 11.7. The van der Waals surface area contributed by atoms with Gasteiger partial charge in [-0.2, -0.15) is 8.78 Å². The number of hydrogen-bond acceptors (Lipinski definition) is 3. The molecule has 0 aliphatic carbocycles. The second-order valence-electron chi connectivity index (χ2n) is 2.34. The third-order valence-electron chi connectivity index (χ3n) is 1.39. The average molecular weight is 228 g/mol. The molecule has 0 amide bonds. The van der Waals surface area contributed by atoms with Crippen LogP contribution in [0.2, 0.25) is 0 Å². The summed E-state index contributed by atoms with van der Waals surface area (Å²) in [6.07, 6.45) is 0. The molecule has 1 aromatic carbocycles. The molecule has 0 spiro atoms. The van der Waals surface area contributed by atoms with Crippen molar-refractivity contribution in [3.05, 3.63) is 29.1 Å². The van der Waals surface area contributed by atoms with E-state index in [1.165, 1.54) is 0 Å². The van der Waals surface area contributed by atoms with Gasteiger partial charge in [-0.15, -0.1) is 0 Å². The second-order valence-corrected chi connectivity index (χ2v) is 2.34. The Labute approximate surface area is 79.9 Å². The number of rotatable bonds is 2. The lowest BCUT2D eigenvalue weighted by Gasteiger charge is -2.08. The van der Waals surface area contributed by atoms with Gasteiger partial charge in [0, 0.05) is 0 Å². The maximum atomic E-state index is 12.7. The van der Waals surface area contributed by atoms with Gasteiger partial charge in [0.25, 0.3) is 0 Å². The van der Waals surface area contributed by atoms with Gasteiger partial charge in [0.1, 0.15) is 0 Å². The van der Waals surface area contributed by atoms with Gasteiger partial charge in [0.2, 0.25) is 29.1 Å². The van der Waals surface area contributed by atoms with Crippen LogP contribution < -0.4 is 4.65 Å². The lowest BCUT2D eigenvalue weighted by molar-refractivity contribution is 0.263. The molecule has 0 radical (unpaired) electrons. The van der Waals surface area contributed by atoms with Gasteiger partial charge in [-0.05, 0) is 0 Å². The summed E-state index contributed by atoms with van der Waals surface area (Å²) >= 11 is 0. The molecule has 1 aromatic rings. The molecule has 0 unspecified atom stereocenters. The predicted octanol–water partition coefficient (Wildman–Crippen LogP) is 0.730. The normalized spacial score (nSPS) is 10.3. The van der Waals surface area contributed by atoms with Crippen molar-refractivity contribution >= 4 is 7.32 Å². The van der Waals surface area contributed by atoms with E-state index < -0.39 is 42.2 Å². The SMILES string of the molecule is OB(O)Oc1c(F)c(F)c(F)c(F)c1F. The Bertz CT molecular complexity index is 368. The van der Waals surface area contributed by atoms with E-state index in [9.17, 15) is 22.0 Å². The summed E-state index contributed by atoms with van der Waals surface area (Å²) in [4.78, 5) is 0. The summed E-state index contributed by atoms with van der Waals surface area (Å²) in [6.45, 7) is 0. The van der Waals surface area contributed by atoms with Crippen molar-refractivity contribution in [2.24, 2.45) is 0 Å². The van der Waals surface area contributed by atoms with Crippen molar-refractivity contribution in [2.45, 2.75) is 0 Å². The number of benzene rings is 1. The Balaban J connectivity index is 3.39. The average Bonchev–Trinajstić information content (AvgIpc) is 2.18. The summed E-state index contributed by atoms with van der Waals surface area (Å²) < 4.78 is 66.3. The molecular formula is C6H2BF5O3. The summed E-state index contributed by atoms with van der Waals surface area (Å²) in [5.41, 5.74) is 0. The molecule has 3 nitrogen and oxygen atoms in total. The van der Waals surface area contributed by atoms with Crippen molar-refractivity contribution in [3.8, 4) is 5.75 Å². The van der Waals surface area contributed by atoms with Crippen LogP contribution >= 0.6 is 0 Å². The number of hydrogen-bond donors (Lipinski definition) is 2. The monoisotopic (exact) mass is 228 g/mol. The quantitative estimate of drug-likeness (QED) is 0.339. The highest BCUT2D eigenvalue weighted by Gasteiger charge is 2.29. The maximum absolute atomic E-state index is 12.7. The largest absolute Gasteiger partial charge is 0.707 e. The van der Waals surface area contributed by atoms with Gasteiger partial charge in [-0.25, -0.2) is 13.2 Å². The Hall–Kier alpha value is -1.35. The molecule has 1 rings (SSSR count). The van der Waals surface area contributed by atoms with Gasteiger partial charge in [0.05, 0.1) is 0 Å². The number of halogens is 5. The second kappa shape index (κ2) is 4.03. The van der Waals surface area contributed by atoms with Crippen LogP contribution in [-0.2, 0) is 0 Å². The van der Waals surface area contributed by atoms with E-state index >= 15 is 0 Å². The Morgan fingerprint density at radius 2 is 1.07 bits per heavy atom. The van der Waals surface area contributed by atoms with Crippen LogP contribution in [0.15, 0.2) is 0 Å². The molecule has 0 saturated heterocycles. The first-order chi connectivity index (χ1) is 6.86. The van der Waals surface area contributed by atoms with E-state index in [0.717, 1.165) is 0 Å². The molecule has 0 fully saturated rings. The van der Waals surface area contributed by atoms with E-state index in [1.54, 1.807) is 0 Å². The molecular weight excluding hydrogens is 226 g/mol. The van der Waals surface area contributed by atoms with Gasteiger partial charge in [-0.1, -0.05) is 0 Å². The topological polar surface area (TPSA) is 49.7 Å². The van der Waals surface area contributed by atoms with Crippen molar-refractivity contribution in [3.63, 3.8) is 0 Å². The van der Waals surface area contributed by atoms with E-state index in [4.69, 9.17) is 10.0 Å². The summed E-state index contributed by atoms with van der Waals surface area (Å²) in [6, 6.07) is 0. The Kier molecular flexibility index (Phi) is 3.15. The third-order valence-corrected chi connectivity index (χ3v) is 1.39. The summed E-state index contributed by atoms with van der Waals surface area (Å²) in [5.74, 6) is -13.1. The predicted molar refractivity (Wildman–Crippen MR) is 37.1 cm³/mol. The molecule has 0 bridgehead atoms. The molecule has 0 saturated carbocycles. The van der Waals surface area contributed by atoms with Crippen LogP contribution in [0.25, 0.3) is 0 Å². The van der Waals surface area contributed by atoms with Crippen LogP contribution in [0.1, 0.15) is 0 Å². The third kappa shape index (κ3) is 2.02. The fourth-order valence-corrected chi connectivity index (χ4v) is 0.794. The Morgan fingerprint density at radius 3 is 1.40 bits per heavy atom. The van der Waals surface area contributed by atoms with Crippen LogP contribution in [-0.4, -0.2) is 17.4 Å². The van der Waals surface area contributed by atoms with Crippen molar-refractivity contribution < 1.29 is 36.7 Å². The molecule has 82 valence electrons. The molecule has 0 aliphatic rings. The molecule has 0 heterocycles. The Morgan fingerprint density at radius 1 is 0.733 bits per heavy atom. The van der Waals surface area contributed by atoms with E-state index in [2.05, 4.69) is 4.65 Å². The minimum absolute atomic E-state index is 1.75. The van der Waals surface area contributed by atoms with Crippen molar-refractivity contribution in [1.29, 1.82) is 0 Å². The standard InChI is InChI=1S/C6H2BF5O3/c8-1-2(9)4(11)6(15-7(13)14)5(12)3(1)10/h13-14H. The summed E-state index contributed by atoms with van der Waals surface area (Å²) in [5, 5.41) is 16.3. The zero-order valence-corrected chi connectivity index (χ0v) is 6.77. The van der Waals surface area contributed by atoms with Gasteiger partial charge in [-0.3, -0.25) is 0 Å². The molecule has 0 atom stereocenters. The van der Waals surface area contributed by atoms with Crippen LogP contribution in [0, 0.1) is 29.1 Å². The van der Waals surface area contributed by atoms with Gasteiger partial charge in [0.15, 0.2) is 5.75 Å². The van der Waals surface area contributed by atoms with E-state index in [1.807, 2.05) is 0 Å². The smallest absolute Gasteiger partial charge is 0.507 e. The van der Waals surface area contributed by atoms with E-state index in [-0.39, 0.29) is 0 Å². The first-order valence-corrected chi connectivity index (χ1v) is 3.40. The minimum atomic E-state index is -2.70. The molecule has 2 N–H and O–H groups in total. The molecule has 15 heavy (non-hydrogen) atoms. The highest BCUT2D eigenvalue weighted by atomic mass is 19.2. The highest BCUT2D eigenvalue weighted by Crippen LogP contribution is 2.28. The molecule has 9 heteroatoms. The van der Waals surface area contributed by atoms with Gasteiger partial charge < -0.3 is 14.7 Å². The summed E-state index contributed by atoms with van der Waals surface area (Å²) in [7, 11) is -2.70. The lowest BCUT2D eigenvalue weighted by Crippen LogP contribution is -2.23. The lowest BCUT2D eigenvalue weighted by atomic mass is 10.2. The fraction of sp³-hybridized carbons (Fsp3) is 0. The fourth-order valence-electron chi connectivity index (χ4n) is 0.794. The van der Waals surface area contributed by atoms with Crippen LogP contribution in [0.4, 0.5) is 22.0 Å². The van der Waals surface area contributed by atoms with Crippen molar-refractivity contribution in [2.75, 3.05) is 0 Å². The molecule has 0 aliphatic heterocycles. The maximum Gasteiger partial charge on any atom is 0.707 e. The first-order valence-electron chi connectivity index (χ1n) is 3.40.